The maximum absolute atomic E-state index is 12.4. The molecule has 0 amide bonds. The van der Waals surface area contributed by atoms with E-state index in [1.165, 1.54) is 0 Å². The summed E-state index contributed by atoms with van der Waals surface area (Å²) in [5.41, 5.74) is 2.57. The Labute approximate surface area is 151 Å². The highest BCUT2D eigenvalue weighted by atomic mass is 35.5. The van der Waals surface area contributed by atoms with Crippen molar-refractivity contribution < 1.29 is 12.9 Å². The first-order chi connectivity index (χ1) is 11.9. The third kappa shape index (κ3) is 4.48. The van der Waals surface area contributed by atoms with Gasteiger partial charge in [-0.1, -0.05) is 28.9 Å². The highest BCUT2D eigenvalue weighted by molar-refractivity contribution is 7.89. The molecule has 0 aliphatic heterocycles. The van der Waals surface area contributed by atoms with Gasteiger partial charge in [0.1, 0.15) is 0 Å². The molecule has 3 aromatic rings. The highest BCUT2D eigenvalue weighted by Gasteiger charge is 2.14. The normalized spacial score (nSPS) is 11.6. The number of aryl methyl sites for hydroxylation is 1. The molecule has 0 aliphatic carbocycles. The summed E-state index contributed by atoms with van der Waals surface area (Å²) in [4.78, 5) is 0.212. The summed E-state index contributed by atoms with van der Waals surface area (Å²) in [5.74, 6) is 0.608. The summed E-state index contributed by atoms with van der Waals surface area (Å²) < 4.78 is 32.5. The van der Waals surface area contributed by atoms with Gasteiger partial charge in [0, 0.05) is 23.2 Å². The minimum Gasteiger partial charge on any atom is -0.356 e. The van der Waals surface area contributed by atoms with Crippen LogP contribution in [0.2, 0.25) is 5.02 Å². The van der Waals surface area contributed by atoms with Crippen LogP contribution in [0.3, 0.4) is 0 Å². The Kier molecular flexibility index (Phi) is 5.22. The summed E-state index contributed by atoms with van der Waals surface area (Å²) in [7, 11) is -3.55. The van der Waals surface area contributed by atoms with Crippen LogP contribution in [0.4, 0.5) is 0 Å². The molecule has 5 nitrogen and oxygen atoms in total. The van der Waals surface area contributed by atoms with Crippen LogP contribution in [0.25, 0.3) is 11.3 Å². The van der Waals surface area contributed by atoms with E-state index in [1.807, 2.05) is 19.1 Å². The van der Waals surface area contributed by atoms with Crippen molar-refractivity contribution in [2.75, 3.05) is 6.54 Å². The molecule has 0 aliphatic rings. The lowest BCUT2D eigenvalue weighted by Crippen LogP contribution is -2.25. The SMILES string of the molecule is Cc1cc(-c2ccc(S(=O)(=O)NCCc3ccc(Cl)cc3)cc2)on1. The van der Waals surface area contributed by atoms with Crippen molar-refractivity contribution >= 4 is 21.6 Å². The molecule has 0 saturated carbocycles. The zero-order valence-electron chi connectivity index (χ0n) is 13.6. The van der Waals surface area contributed by atoms with Crippen LogP contribution in [0, 0.1) is 6.92 Å². The average Bonchev–Trinajstić information content (AvgIpc) is 3.03. The van der Waals surface area contributed by atoms with Crippen molar-refractivity contribution in [1.82, 2.24) is 9.88 Å². The third-order valence-electron chi connectivity index (χ3n) is 3.70. The first kappa shape index (κ1) is 17.7. The number of benzene rings is 2. The van der Waals surface area contributed by atoms with Gasteiger partial charge in [0.2, 0.25) is 10.0 Å². The monoisotopic (exact) mass is 376 g/mol. The van der Waals surface area contributed by atoms with E-state index in [9.17, 15) is 8.42 Å². The summed E-state index contributed by atoms with van der Waals surface area (Å²) in [6, 6.07) is 15.6. The second kappa shape index (κ2) is 7.39. The largest absolute Gasteiger partial charge is 0.356 e. The Hall–Kier alpha value is -2.15. The Morgan fingerprint density at radius 1 is 1.08 bits per heavy atom. The van der Waals surface area contributed by atoms with Crippen molar-refractivity contribution in [3.63, 3.8) is 0 Å². The van der Waals surface area contributed by atoms with Gasteiger partial charge in [0.05, 0.1) is 10.6 Å². The Morgan fingerprint density at radius 3 is 2.36 bits per heavy atom. The topological polar surface area (TPSA) is 72.2 Å². The Bertz CT molecular complexity index is 949. The van der Waals surface area contributed by atoms with Crippen molar-refractivity contribution in [3.05, 3.63) is 70.9 Å². The first-order valence-electron chi connectivity index (χ1n) is 7.72. The molecular weight excluding hydrogens is 360 g/mol. The van der Waals surface area contributed by atoms with E-state index in [-0.39, 0.29) is 4.90 Å². The van der Waals surface area contributed by atoms with Gasteiger partial charge in [0.25, 0.3) is 0 Å². The van der Waals surface area contributed by atoms with Gasteiger partial charge >= 0.3 is 0 Å². The molecule has 0 saturated heterocycles. The summed E-state index contributed by atoms with van der Waals surface area (Å²) in [6.45, 7) is 2.14. The predicted molar refractivity (Wildman–Crippen MR) is 97.0 cm³/mol. The van der Waals surface area contributed by atoms with E-state index < -0.39 is 10.0 Å². The molecule has 1 heterocycles. The van der Waals surface area contributed by atoms with Crippen LogP contribution in [-0.2, 0) is 16.4 Å². The molecule has 1 N–H and O–H groups in total. The quantitative estimate of drug-likeness (QED) is 0.709. The van der Waals surface area contributed by atoms with Crippen molar-refractivity contribution in [2.24, 2.45) is 0 Å². The second-order valence-corrected chi connectivity index (χ2v) is 7.83. The molecule has 2 aromatic carbocycles. The number of hydrogen-bond acceptors (Lipinski definition) is 4. The molecule has 3 rings (SSSR count). The minimum absolute atomic E-state index is 0.212. The molecule has 0 bridgehead atoms. The maximum atomic E-state index is 12.4. The fraction of sp³-hybridized carbons (Fsp3) is 0.167. The van der Waals surface area contributed by atoms with Crippen LogP contribution in [-0.4, -0.2) is 20.1 Å². The molecule has 0 spiro atoms. The van der Waals surface area contributed by atoms with E-state index in [0.717, 1.165) is 16.8 Å². The molecule has 130 valence electrons. The van der Waals surface area contributed by atoms with Crippen molar-refractivity contribution in [1.29, 1.82) is 0 Å². The number of sulfonamides is 1. The van der Waals surface area contributed by atoms with Gasteiger partial charge in [-0.2, -0.15) is 0 Å². The number of hydrogen-bond donors (Lipinski definition) is 1. The van der Waals surface area contributed by atoms with Gasteiger partial charge in [-0.25, -0.2) is 13.1 Å². The van der Waals surface area contributed by atoms with Crippen LogP contribution in [0.1, 0.15) is 11.3 Å². The summed E-state index contributed by atoms with van der Waals surface area (Å²) in [6.07, 6.45) is 0.589. The average molecular weight is 377 g/mol. The number of nitrogens with one attached hydrogen (secondary N) is 1. The number of rotatable bonds is 6. The number of halogens is 1. The molecule has 1 aromatic heterocycles. The minimum atomic E-state index is -3.55. The van der Waals surface area contributed by atoms with E-state index in [1.54, 1.807) is 42.5 Å². The molecule has 25 heavy (non-hydrogen) atoms. The van der Waals surface area contributed by atoms with Crippen LogP contribution < -0.4 is 4.72 Å². The van der Waals surface area contributed by atoms with Gasteiger partial charge in [-0.3, -0.25) is 0 Å². The molecule has 0 fully saturated rings. The fourth-order valence-corrected chi connectivity index (χ4v) is 3.52. The second-order valence-electron chi connectivity index (χ2n) is 5.63. The molecule has 7 heteroatoms. The van der Waals surface area contributed by atoms with Crippen molar-refractivity contribution in [2.45, 2.75) is 18.2 Å². The molecule has 0 atom stereocenters. The van der Waals surface area contributed by atoms with Gasteiger partial charge in [-0.05, 0) is 55.3 Å². The number of nitrogens with zero attached hydrogens (tertiary/aromatic N) is 1. The maximum Gasteiger partial charge on any atom is 0.240 e. The highest BCUT2D eigenvalue weighted by Crippen LogP contribution is 2.22. The summed E-state index contributed by atoms with van der Waals surface area (Å²) in [5, 5.41) is 4.48. The molecule has 0 unspecified atom stereocenters. The summed E-state index contributed by atoms with van der Waals surface area (Å²) >= 11 is 5.83. The van der Waals surface area contributed by atoms with E-state index >= 15 is 0 Å². The first-order valence-corrected chi connectivity index (χ1v) is 9.58. The zero-order valence-corrected chi connectivity index (χ0v) is 15.1. The lowest BCUT2D eigenvalue weighted by Gasteiger charge is -2.07. The van der Waals surface area contributed by atoms with Gasteiger partial charge in [0.15, 0.2) is 5.76 Å². The van der Waals surface area contributed by atoms with E-state index in [2.05, 4.69) is 9.88 Å². The van der Waals surface area contributed by atoms with E-state index in [4.69, 9.17) is 16.1 Å². The van der Waals surface area contributed by atoms with Crippen molar-refractivity contribution in [3.8, 4) is 11.3 Å². The smallest absolute Gasteiger partial charge is 0.240 e. The molecule has 0 radical (unpaired) electrons. The number of aromatic nitrogens is 1. The lowest BCUT2D eigenvalue weighted by molar-refractivity contribution is 0.427. The van der Waals surface area contributed by atoms with Crippen LogP contribution in [0.5, 0.6) is 0 Å². The zero-order chi connectivity index (χ0) is 17.9. The Balaban J connectivity index is 1.64. The van der Waals surface area contributed by atoms with E-state index in [0.29, 0.717) is 23.7 Å². The predicted octanol–water partition coefficient (Wildman–Crippen LogP) is 3.82. The van der Waals surface area contributed by atoms with Crippen LogP contribution >= 0.6 is 11.6 Å². The Morgan fingerprint density at radius 2 is 1.76 bits per heavy atom. The van der Waals surface area contributed by atoms with Crippen LogP contribution in [0.15, 0.2) is 64.0 Å². The van der Waals surface area contributed by atoms with Gasteiger partial charge in [-0.15, -0.1) is 0 Å². The van der Waals surface area contributed by atoms with Gasteiger partial charge < -0.3 is 4.52 Å². The molecular formula is C18H17ClN2O3S. The fourth-order valence-electron chi connectivity index (χ4n) is 2.36. The third-order valence-corrected chi connectivity index (χ3v) is 5.43. The standard InChI is InChI=1S/C18H17ClN2O3S/c1-13-12-18(24-21-13)15-4-8-17(9-5-15)25(22,23)20-11-10-14-2-6-16(19)7-3-14/h2-9,12,20H,10-11H2,1H3. The lowest BCUT2D eigenvalue weighted by atomic mass is 10.2.